The quantitative estimate of drug-likeness (QED) is 0.808. The van der Waals surface area contributed by atoms with Crippen LogP contribution in [-0.4, -0.2) is 6.61 Å². The first-order valence-electron chi connectivity index (χ1n) is 3.50. The van der Waals surface area contributed by atoms with Crippen molar-refractivity contribution in [2.45, 2.75) is 0 Å². The molecule has 0 radical (unpaired) electrons. The molecule has 0 aliphatic rings. The molecule has 0 N–H and O–H groups in total. The highest BCUT2D eigenvalue weighted by atomic mass is 79.9. The molecule has 0 unspecified atom stereocenters. The molecule has 4 heteroatoms. The highest BCUT2D eigenvalue weighted by Gasteiger charge is 2.03. The molecule has 0 atom stereocenters. The van der Waals surface area contributed by atoms with E-state index < -0.39 is 5.82 Å². The van der Waals surface area contributed by atoms with Gasteiger partial charge in [0.25, 0.3) is 0 Å². The van der Waals surface area contributed by atoms with E-state index >= 15 is 0 Å². The summed E-state index contributed by atoms with van der Waals surface area (Å²) < 4.78 is 18.8. The van der Waals surface area contributed by atoms with Crippen molar-refractivity contribution in [2.24, 2.45) is 0 Å². The molecule has 0 aliphatic carbocycles. The van der Waals surface area contributed by atoms with E-state index in [0.29, 0.717) is 9.51 Å². The van der Waals surface area contributed by atoms with Gasteiger partial charge in [0.05, 0.1) is 0 Å². The van der Waals surface area contributed by atoms with Crippen LogP contribution in [0.5, 0.6) is 5.75 Å². The van der Waals surface area contributed by atoms with E-state index in [1.54, 1.807) is 6.07 Å². The topological polar surface area (TPSA) is 9.23 Å². The molecule has 0 aromatic heterocycles. The van der Waals surface area contributed by atoms with Gasteiger partial charge in [-0.25, -0.2) is 4.39 Å². The van der Waals surface area contributed by atoms with E-state index in [0.717, 1.165) is 0 Å². The van der Waals surface area contributed by atoms with E-state index in [2.05, 4.69) is 22.5 Å². The van der Waals surface area contributed by atoms with Crippen molar-refractivity contribution < 1.29 is 9.13 Å². The van der Waals surface area contributed by atoms with E-state index in [9.17, 15) is 4.39 Å². The van der Waals surface area contributed by atoms with Crippen molar-refractivity contribution in [1.29, 1.82) is 0 Å². The van der Waals surface area contributed by atoms with Crippen LogP contribution in [0.2, 0.25) is 5.02 Å². The number of hydrogen-bond acceptors (Lipinski definition) is 1. The van der Waals surface area contributed by atoms with Crippen molar-refractivity contribution in [2.75, 3.05) is 6.61 Å². The summed E-state index contributed by atoms with van der Waals surface area (Å²) >= 11 is 8.66. The highest BCUT2D eigenvalue weighted by Crippen LogP contribution is 2.21. The summed E-state index contributed by atoms with van der Waals surface area (Å²) in [7, 11) is 0. The van der Waals surface area contributed by atoms with E-state index in [1.165, 1.54) is 12.1 Å². The van der Waals surface area contributed by atoms with Gasteiger partial charge in [-0.2, -0.15) is 0 Å². The SMILES string of the molecule is C=C(Br)COc1ccc(Cl)cc1F. The summed E-state index contributed by atoms with van der Waals surface area (Å²) in [5, 5.41) is 0.350. The lowest BCUT2D eigenvalue weighted by Crippen LogP contribution is -1.97. The van der Waals surface area contributed by atoms with Crippen LogP contribution >= 0.6 is 27.5 Å². The Balaban J connectivity index is 2.72. The second-order valence-corrected chi connectivity index (χ2v) is 3.94. The summed E-state index contributed by atoms with van der Waals surface area (Å²) in [6.45, 7) is 3.80. The van der Waals surface area contributed by atoms with Gasteiger partial charge in [0, 0.05) is 9.51 Å². The fourth-order valence-corrected chi connectivity index (χ4v) is 1.02. The Kier molecular flexibility index (Phi) is 3.75. The molecule has 13 heavy (non-hydrogen) atoms. The Labute approximate surface area is 89.3 Å². The highest BCUT2D eigenvalue weighted by molar-refractivity contribution is 9.11. The minimum Gasteiger partial charge on any atom is -0.485 e. The first-order valence-corrected chi connectivity index (χ1v) is 4.68. The molecule has 1 nitrogen and oxygen atoms in total. The fourth-order valence-electron chi connectivity index (χ4n) is 0.748. The smallest absolute Gasteiger partial charge is 0.166 e. The molecule has 1 rings (SSSR count). The molecule has 0 aliphatic heterocycles. The zero-order chi connectivity index (χ0) is 9.84. The Hall–Kier alpha value is -0.540. The van der Waals surface area contributed by atoms with Crippen molar-refractivity contribution in [3.05, 3.63) is 40.1 Å². The standard InChI is InChI=1S/C9H7BrClFO/c1-6(10)5-13-9-3-2-7(11)4-8(9)12/h2-4H,1,5H2. The monoisotopic (exact) mass is 264 g/mol. The lowest BCUT2D eigenvalue weighted by molar-refractivity contribution is 0.340. The molecule has 1 aromatic carbocycles. The molecule has 0 saturated carbocycles. The van der Waals surface area contributed by atoms with Crippen LogP contribution in [0.3, 0.4) is 0 Å². The number of halogens is 3. The minimum absolute atomic E-state index is 0.171. The van der Waals surface area contributed by atoms with Crippen LogP contribution in [0.15, 0.2) is 29.3 Å². The van der Waals surface area contributed by atoms with Crippen molar-refractivity contribution in [3.63, 3.8) is 0 Å². The van der Waals surface area contributed by atoms with Gasteiger partial charge in [0.1, 0.15) is 6.61 Å². The zero-order valence-electron chi connectivity index (χ0n) is 6.69. The van der Waals surface area contributed by atoms with Gasteiger partial charge in [-0.05, 0) is 18.2 Å². The largest absolute Gasteiger partial charge is 0.485 e. The Morgan fingerprint density at radius 2 is 2.31 bits per heavy atom. The number of ether oxygens (including phenoxy) is 1. The maximum absolute atomic E-state index is 13.0. The third-order valence-corrected chi connectivity index (χ3v) is 1.74. The Morgan fingerprint density at radius 3 is 2.85 bits per heavy atom. The van der Waals surface area contributed by atoms with Crippen LogP contribution in [-0.2, 0) is 0 Å². The van der Waals surface area contributed by atoms with Crippen molar-refractivity contribution in [3.8, 4) is 5.75 Å². The average Bonchev–Trinajstić information content (AvgIpc) is 2.02. The minimum atomic E-state index is -0.471. The van der Waals surface area contributed by atoms with E-state index in [-0.39, 0.29) is 12.4 Å². The van der Waals surface area contributed by atoms with Crippen LogP contribution in [0.25, 0.3) is 0 Å². The van der Waals surface area contributed by atoms with Gasteiger partial charge in [-0.15, -0.1) is 0 Å². The van der Waals surface area contributed by atoms with Gasteiger partial charge >= 0.3 is 0 Å². The summed E-state index contributed by atoms with van der Waals surface area (Å²) in [5.41, 5.74) is 0. The molecular formula is C9H7BrClFO. The average molecular weight is 266 g/mol. The molecule has 70 valence electrons. The van der Waals surface area contributed by atoms with Crippen LogP contribution in [0.1, 0.15) is 0 Å². The Morgan fingerprint density at radius 1 is 1.62 bits per heavy atom. The lowest BCUT2D eigenvalue weighted by atomic mass is 10.3. The molecule has 0 bridgehead atoms. The summed E-state index contributed by atoms with van der Waals surface area (Å²) in [6.07, 6.45) is 0. The number of benzene rings is 1. The maximum atomic E-state index is 13.0. The van der Waals surface area contributed by atoms with Gasteiger partial charge in [-0.3, -0.25) is 0 Å². The Bertz CT molecular complexity index is 327. The summed E-state index contributed by atoms with van der Waals surface area (Å²) in [6, 6.07) is 4.25. The summed E-state index contributed by atoms with van der Waals surface area (Å²) in [4.78, 5) is 0. The number of rotatable bonds is 3. The van der Waals surface area contributed by atoms with E-state index in [4.69, 9.17) is 16.3 Å². The van der Waals surface area contributed by atoms with Gasteiger partial charge in [0.2, 0.25) is 0 Å². The van der Waals surface area contributed by atoms with Crippen LogP contribution < -0.4 is 4.74 Å². The second-order valence-electron chi connectivity index (χ2n) is 2.38. The fraction of sp³-hybridized carbons (Fsp3) is 0.111. The predicted molar refractivity (Wildman–Crippen MR) is 55.0 cm³/mol. The molecule has 0 spiro atoms. The van der Waals surface area contributed by atoms with E-state index in [1.807, 2.05) is 0 Å². The molecule has 0 saturated heterocycles. The molecule has 1 aromatic rings. The lowest BCUT2D eigenvalue weighted by Gasteiger charge is -2.05. The van der Waals surface area contributed by atoms with Gasteiger partial charge < -0.3 is 4.74 Å². The first-order chi connectivity index (χ1) is 6.09. The third kappa shape index (κ3) is 3.36. The normalized spacial score (nSPS) is 9.77. The predicted octanol–water partition coefficient (Wildman–Crippen LogP) is 3.77. The first kappa shape index (κ1) is 10.5. The maximum Gasteiger partial charge on any atom is 0.166 e. The molecule has 0 amide bonds. The van der Waals surface area contributed by atoms with Crippen molar-refractivity contribution in [1.82, 2.24) is 0 Å². The third-order valence-electron chi connectivity index (χ3n) is 1.28. The molecule has 0 fully saturated rings. The molecule has 0 heterocycles. The summed E-state index contributed by atoms with van der Waals surface area (Å²) in [5.74, 6) is -0.300. The van der Waals surface area contributed by atoms with Crippen LogP contribution in [0.4, 0.5) is 4.39 Å². The van der Waals surface area contributed by atoms with Crippen molar-refractivity contribution >= 4 is 27.5 Å². The van der Waals surface area contributed by atoms with Gasteiger partial charge in [-0.1, -0.05) is 34.1 Å². The van der Waals surface area contributed by atoms with Gasteiger partial charge in [0.15, 0.2) is 11.6 Å². The van der Waals surface area contributed by atoms with Crippen LogP contribution in [0, 0.1) is 5.82 Å². The number of hydrogen-bond donors (Lipinski definition) is 0. The second kappa shape index (κ2) is 4.63. The molecular weight excluding hydrogens is 258 g/mol. The zero-order valence-corrected chi connectivity index (χ0v) is 9.03.